The molecule has 5 rings (SSSR count). The van der Waals surface area contributed by atoms with E-state index in [1.165, 1.54) is 5.69 Å². The van der Waals surface area contributed by atoms with Crippen LogP contribution in [0.25, 0.3) is 11.0 Å². The normalized spacial score (nSPS) is 21.8. The lowest BCUT2D eigenvalue weighted by atomic mass is 9.76. The minimum Gasteiger partial charge on any atom is -0.460 e. The molecule has 2 aliphatic rings. The van der Waals surface area contributed by atoms with Crippen LogP contribution in [0.2, 0.25) is 0 Å². The highest BCUT2D eigenvalue weighted by Crippen LogP contribution is 2.43. The monoisotopic (exact) mass is 410 g/mol. The fourth-order valence-electron chi connectivity index (χ4n) is 4.72. The van der Waals surface area contributed by atoms with Crippen molar-refractivity contribution in [1.29, 1.82) is 0 Å². The number of fused-ring (bicyclic) bond motifs is 1. The second-order valence-corrected chi connectivity index (χ2v) is 9.41. The molecule has 152 valence electrons. The summed E-state index contributed by atoms with van der Waals surface area (Å²) in [7, 11) is 0. The van der Waals surface area contributed by atoms with Crippen LogP contribution in [-0.4, -0.2) is 51.1 Å². The maximum absolute atomic E-state index is 12.8. The van der Waals surface area contributed by atoms with Crippen molar-refractivity contribution in [2.24, 2.45) is 5.41 Å². The number of para-hydroxylation sites is 2. The van der Waals surface area contributed by atoms with Gasteiger partial charge in [0.15, 0.2) is 0 Å². The number of benzene rings is 1. The first-order valence-electron chi connectivity index (χ1n) is 10.4. The highest BCUT2D eigenvalue weighted by molar-refractivity contribution is 7.09. The first-order chi connectivity index (χ1) is 14.1. The van der Waals surface area contributed by atoms with Crippen molar-refractivity contribution in [2.45, 2.75) is 45.3 Å². The fraction of sp³-hybridized carbons (Fsp3) is 0.500. The predicted molar refractivity (Wildman–Crippen MR) is 113 cm³/mol. The molecule has 0 N–H and O–H groups in total. The first kappa shape index (κ1) is 18.8. The molecule has 7 heteroatoms. The summed E-state index contributed by atoms with van der Waals surface area (Å²) in [5.41, 5.74) is 2.96. The number of carbonyl (C=O) groups excluding carboxylic acids is 1. The summed E-state index contributed by atoms with van der Waals surface area (Å²) < 4.78 is 7.94. The topological polar surface area (TPSA) is 60.3 Å². The summed E-state index contributed by atoms with van der Waals surface area (Å²) in [6, 6.07) is 8.09. The maximum atomic E-state index is 12.8. The number of ether oxygens (including phenoxy) is 1. The number of hydrogen-bond acceptors (Lipinski definition) is 6. The number of cyclic esters (lactones) is 1. The molecule has 0 amide bonds. The number of likely N-dealkylation sites (tertiary alicyclic amines) is 1. The van der Waals surface area contributed by atoms with Crippen molar-refractivity contribution in [3.05, 3.63) is 46.7 Å². The SMILES string of the molecule is Cc1nc(CCN2CCC3(CC2)CC(Cn2cnc4ccccc42)OC3=O)cs1. The van der Waals surface area contributed by atoms with Crippen LogP contribution in [0.4, 0.5) is 0 Å². The fourth-order valence-corrected chi connectivity index (χ4v) is 5.37. The second kappa shape index (κ2) is 7.54. The van der Waals surface area contributed by atoms with Gasteiger partial charge in [0.25, 0.3) is 0 Å². The van der Waals surface area contributed by atoms with E-state index in [4.69, 9.17) is 4.74 Å². The lowest BCUT2D eigenvalue weighted by Gasteiger charge is -2.36. The molecule has 2 aromatic heterocycles. The smallest absolute Gasteiger partial charge is 0.312 e. The Bertz CT molecular complexity index is 1020. The van der Waals surface area contributed by atoms with Gasteiger partial charge >= 0.3 is 5.97 Å². The number of hydrogen-bond donors (Lipinski definition) is 0. The summed E-state index contributed by atoms with van der Waals surface area (Å²) in [4.78, 5) is 24.2. The van der Waals surface area contributed by atoms with E-state index in [2.05, 4.69) is 30.9 Å². The Morgan fingerprint density at radius 1 is 1.28 bits per heavy atom. The molecule has 2 fully saturated rings. The number of thiazole rings is 1. The lowest BCUT2D eigenvalue weighted by Crippen LogP contribution is -2.43. The summed E-state index contributed by atoms with van der Waals surface area (Å²) >= 11 is 1.71. The molecule has 1 aromatic carbocycles. The quantitative estimate of drug-likeness (QED) is 0.603. The molecule has 0 aliphatic carbocycles. The van der Waals surface area contributed by atoms with Crippen molar-refractivity contribution in [2.75, 3.05) is 19.6 Å². The van der Waals surface area contributed by atoms with Gasteiger partial charge in [0.2, 0.25) is 0 Å². The molecule has 0 bridgehead atoms. The molecule has 1 atom stereocenters. The zero-order valence-corrected chi connectivity index (χ0v) is 17.5. The van der Waals surface area contributed by atoms with Gasteiger partial charge in [-0.1, -0.05) is 12.1 Å². The Morgan fingerprint density at radius 2 is 2.10 bits per heavy atom. The van der Waals surface area contributed by atoms with Gasteiger partial charge in [-0.05, 0) is 45.0 Å². The zero-order valence-electron chi connectivity index (χ0n) is 16.7. The van der Waals surface area contributed by atoms with Crippen molar-refractivity contribution in [3.8, 4) is 0 Å². The standard InChI is InChI=1S/C22H26N4O2S/c1-16-24-17(14-29-16)6-9-25-10-7-22(8-11-25)12-18(28-21(22)27)13-26-15-23-19-4-2-3-5-20(19)26/h2-5,14-15,18H,6-13H2,1H3. The van der Waals surface area contributed by atoms with Crippen LogP contribution in [0, 0.1) is 12.3 Å². The van der Waals surface area contributed by atoms with Crippen LogP contribution in [0.3, 0.4) is 0 Å². The van der Waals surface area contributed by atoms with Crippen LogP contribution < -0.4 is 0 Å². The summed E-state index contributed by atoms with van der Waals surface area (Å²) in [6.45, 7) is 5.66. The number of nitrogens with zero attached hydrogens (tertiary/aromatic N) is 4. The highest BCUT2D eigenvalue weighted by Gasteiger charge is 2.50. The third-order valence-corrected chi connectivity index (χ3v) is 7.24. The Morgan fingerprint density at radius 3 is 2.90 bits per heavy atom. The Balaban J connectivity index is 1.18. The molecule has 6 nitrogen and oxygen atoms in total. The third-order valence-electron chi connectivity index (χ3n) is 6.42. The first-order valence-corrected chi connectivity index (χ1v) is 11.2. The Hall–Kier alpha value is -2.25. The van der Waals surface area contributed by atoms with Crippen molar-refractivity contribution in [1.82, 2.24) is 19.4 Å². The van der Waals surface area contributed by atoms with Crippen LogP contribution in [-0.2, 0) is 22.5 Å². The summed E-state index contributed by atoms with van der Waals surface area (Å²) in [5, 5.41) is 3.28. The largest absolute Gasteiger partial charge is 0.460 e. The summed E-state index contributed by atoms with van der Waals surface area (Å²) in [5.74, 6) is 0.00157. The average molecular weight is 411 g/mol. The molecular formula is C22H26N4O2S. The van der Waals surface area contributed by atoms with E-state index in [9.17, 15) is 4.79 Å². The molecule has 1 unspecified atom stereocenters. The molecule has 0 radical (unpaired) electrons. The minimum absolute atomic E-state index is 0.00157. The Kier molecular flexibility index (Phi) is 4.87. The number of imidazole rings is 1. The van der Waals surface area contributed by atoms with Crippen LogP contribution in [0.5, 0.6) is 0 Å². The van der Waals surface area contributed by atoms with Gasteiger partial charge in [-0.3, -0.25) is 4.79 Å². The van der Waals surface area contributed by atoms with E-state index in [1.807, 2.05) is 31.5 Å². The molecule has 2 aliphatic heterocycles. The van der Waals surface area contributed by atoms with Crippen LogP contribution in [0.15, 0.2) is 36.0 Å². The van der Waals surface area contributed by atoms with Crippen LogP contribution >= 0.6 is 11.3 Å². The average Bonchev–Trinajstić information content (AvgIpc) is 3.41. The van der Waals surface area contributed by atoms with E-state index in [0.717, 1.165) is 61.4 Å². The van der Waals surface area contributed by atoms with Gasteiger partial charge in [-0.15, -0.1) is 11.3 Å². The molecule has 1 spiro atoms. The maximum Gasteiger partial charge on any atom is 0.312 e. The van der Waals surface area contributed by atoms with E-state index >= 15 is 0 Å². The number of carbonyl (C=O) groups is 1. The van der Waals surface area contributed by atoms with Gasteiger partial charge in [0.1, 0.15) is 6.10 Å². The molecular weight excluding hydrogens is 384 g/mol. The Labute approximate surface area is 174 Å². The minimum atomic E-state index is -0.297. The van der Waals surface area contributed by atoms with E-state index in [-0.39, 0.29) is 17.5 Å². The number of piperidine rings is 1. The molecule has 3 aromatic rings. The van der Waals surface area contributed by atoms with E-state index in [1.54, 1.807) is 11.3 Å². The highest BCUT2D eigenvalue weighted by atomic mass is 32.1. The number of aryl methyl sites for hydroxylation is 1. The number of esters is 1. The third kappa shape index (κ3) is 3.69. The number of rotatable bonds is 5. The predicted octanol–water partition coefficient (Wildman–Crippen LogP) is 3.44. The van der Waals surface area contributed by atoms with Crippen LogP contribution in [0.1, 0.15) is 30.0 Å². The van der Waals surface area contributed by atoms with Gasteiger partial charge in [0, 0.05) is 24.8 Å². The number of aromatic nitrogens is 3. The molecule has 0 saturated carbocycles. The lowest BCUT2D eigenvalue weighted by molar-refractivity contribution is -0.151. The molecule has 4 heterocycles. The zero-order chi connectivity index (χ0) is 19.8. The van der Waals surface area contributed by atoms with E-state index < -0.39 is 0 Å². The van der Waals surface area contributed by atoms with Gasteiger partial charge in [0.05, 0.1) is 40.0 Å². The van der Waals surface area contributed by atoms with Gasteiger partial charge < -0.3 is 14.2 Å². The van der Waals surface area contributed by atoms with E-state index in [0.29, 0.717) is 6.54 Å². The van der Waals surface area contributed by atoms with Crippen molar-refractivity contribution in [3.63, 3.8) is 0 Å². The second-order valence-electron chi connectivity index (χ2n) is 8.35. The summed E-state index contributed by atoms with van der Waals surface area (Å²) in [6.07, 6.45) is 5.37. The van der Waals surface area contributed by atoms with Gasteiger partial charge in [-0.25, -0.2) is 9.97 Å². The molecule has 29 heavy (non-hydrogen) atoms. The van der Waals surface area contributed by atoms with Crippen molar-refractivity contribution < 1.29 is 9.53 Å². The van der Waals surface area contributed by atoms with Crippen molar-refractivity contribution >= 4 is 28.3 Å². The van der Waals surface area contributed by atoms with Gasteiger partial charge in [-0.2, -0.15) is 0 Å². The molecule has 2 saturated heterocycles.